The lowest BCUT2D eigenvalue weighted by Crippen LogP contribution is -2.33. The van der Waals surface area contributed by atoms with Gasteiger partial charge in [0.2, 0.25) is 5.56 Å². The minimum atomic E-state index is -0.333. The van der Waals surface area contributed by atoms with Crippen LogP contribution in [0.2, 0.25) is 0 Å². The molecule has 8 nitrogen and oxygen atoms in total. The number of pyridine rings is 1. The Morgan fingerprint density at radius 2 is 1.94 bits per heavy atom. The molecule has 1 fully saturated rings. The molecule has 1 atom stereocenters. The van der Waals surface area contributed by atoms with E-state index in [-0.39, 0.29) is 35.8 Å². The summed E-state index contributed by atoms with van der Waals surface area (Å²) in [6.07, 6.45) is 4.53. The summed E-state index contributed by atoms with van der Waals surface area (Å²) < 4.78 is 14.4. The van der Waals surface area contributed by atoms with Crippen LogP contribution >= 0.6 is 0 Å². The highest BCUT2D eigenvalue weighted by atomic mass is 19.1. The standard InChI is InChI=1S/C24H24FN5O3/c1-15-19(23(32)27-12-16-5-8-18(25)9-6-16)13-26-22(28-15)20-4-3-11-30(20)24(33)17-7-10-21(31)29(2)14-17/h5-10,13-14,20H,3-4,11-12H2,1-2H3,(H,27,32)/t20-/m1/s1. The Kier molecular flexibility index (Phi) is 6.30. The van der Waals surface area contributed by atoms with E-state index in [4.69, 9.17) is 0 Å². The molecule has 1 saturated heterocycles. The molecule has 0 bridgehead atoms. The van der Waals surface area contributed by atoms with Crippen molar-refractivity contribution in [3.05, 3.63) is 93.2 Å². The molecule has 1 aliphatic heterocycles. The monoisotopic (exact) mass is 449 g/mol. The van der Waals surface area contributed by atoms with Gasteiger partial charge in [0, 0.05) is 38.6 Å². The Morgan fingerprint density at radius 3 is 2.64 bits per heavy atom. The second-order valence-electron chi connectivity index (χ2n) is 8.06. The third-order valence-corrected chi connectivity index (χ3v) is 5.75. The molecule has 4 rings (SSSR count). The average molecular weight is 449 g/mol. The van der Waals surface area contributed by atoms with E-state index in [0.717, 1.165) is 12.0 Å². The molecule has 33 heavy (non-hydrogen) atoms. The number of aryl methyl sites for hydroxylation is 2. The first-order chi connectivity index (χ1) is 15.8. The zero-order chi connectivity index (χ0) is 23.5. The molecular formula is C24H24FN5O3. The molecule has 1 N–H and O–H groups in total. The molecule has 1 aliphatic rings. The number of nitrogens with one attached hydrogen (secondary N) is 1. The van der Waals surface area contributed by atoms with Gasteiger partial charge in [0.25, 0.3) is 11.8 Å². The van der Waals surface area contributed by atoms with Crippen LogP contribution in [0.1, 0.15) is 56.7 Å². The predicted octanol–water partition coefficient (Wildman–Crippen LogP) is 2.53. The topological polar surface area (TPSA) is 97.2 Å². The molecule has 0 aliphatic carbocycles. The third-order valence-electron chi connectivity index (χ3n) is 5.75. The molecule has 0 unspecified atom stereocenters. The van der Waals surface area contributed by atoms with Crippen molar-refractivity contribution < 1.29 is 14.0 Å². The number of rotatable bonds is 5. The zero-order valence-corrected chi connectivity index (χ0v) is 18.4. The highest BCUT2D eigenvalue weighted by Gasteiger charge is 2.33. The second-order valence-corrected chi connectivity index (χ2v) is 8.06. The van der Waals surface area contributed by atoms with Gasteiger partial charge >= 0.3 is 0 Å². The quantitative estimate of drug-likeness (QED) is 0.646. The maximum atomic E-state index is 13.1. The fourth-order valence-corrected chi connectivity index (χ4v) is 3.91. The van der Waals surface area contributed by atoms with E-state index < -0.39 is 0 Å². The molecule has 9 heteroatoms. The first-order valence-corrected chi connectivity index (χ1v) is 10.7. The van der Waals surface area contributed by atoms with Crippen molar-refractivity contribution in [3.8, 4) is 0 Å². The average Bonchev–Trinajstić information content (AvgIpc) is 3.29. The van der Waals surface area contributed by atoms with Crippen molar-refractivity contribution >= 4 is 11.8 Å². The zero-order valence-electron chi connectivity index (χ0n) is 18.4. The van der Waals surface area contributed by atoms with E-state index in [0.29, 0.717) is 35.6 Å². The largest absolute Gasteiger partial charge is 0.348 e. The van der Waals surface area contributed by atoms with Crippen molar-refractivity contribution in [1.29, 1.82) is 0 Å². The van der Waals surface area contributed by atoms with Gasteiger partial charge in [-0.25, -0.2) is 14.4 Å². The van der Waals surface area contributed by atoms with Crippen LogP contribution in [0.3, 0.4) is 0 Å². The lowest BCUT2D eigenvalue weighted by atomic mass is 10.1. The van der Waals surface area contributed by atoms with Crippen LogP contribution in [0.25, 0.3) is 0 Å². The normalized spacial score (nSPS) is 15.5. The first-order valence-electron chi connectivity index (χ1n) is 10.7. The van der Waals surface area contributed by atoms with Gasteiger partial charge in [0.05, 0.1) is 22.9 Å². The van der Waals surface area contributed by atoms with Crippen LogP contribution in [-0.2, 0) is 13.6 Å². The van der Waals surface area contributed by atoms with Crippen LogP contribution in [0.5, 0.6) is 0 Å². The smallest absolute Gasteiger partial charge is 0.255 e. The minimum Gasteiger partial charge on any atom is -0.348 e. The summed E-state index contributed by atoms with van der Waals surface area (Å²) in [7, 11) is 1.60. The van der Waals surface area contributed by atoms with E-state index in [9.17, 15) is 18.8 Å². The van der Waals surface area contributed by atoms with Crippen molar-refractivity contribution in [2.75, 3.05) is 6.54 Å². The number of carbonyl (C=O) groups excluding carboxylic acids is 2. The Hall–Kier alpha value is -3.88. The molecule has 3 heterocycles. The van der Waals surface area contributed by atoms with E-state index in [2.05, 4.69) is 15.3 Å². The fraction of sp³-hybridized carbons (Fsp3) is 0.292. The van der Waals surface area contributed by atoms with E-state index in [1.165, 1.54) is 41.2 Å². The summed E-state index contributed by atoms with van der Waals surface area (Å²) in [5.41, 5.74) is 1.88. The number of aromatic nitrogens is 3. The third kappa shape index (κ3) is 4.82. The van der Waals surface area contributed by atoms with Gasteiger partial charge in [-0.3, -0.25) is 14.4 Å². The minimum absolute atomic E-state index is 0.184. The summed E-state index contributed by atoms with van der Waals surface area (Å²) in [6.45, 7) is 2.55. The van der Waals surface area contributed by atoms with Gasteiger partial charge in [-0.2, -0.15) is 0 Å². The van der Waals surface area contributed by atoms with Crippen LogP contribution in [-0.4, -0.2) is 37.8 Å². The molecule has 0 radical (unpaired) electrons. The number of nitrogens with zero attached hydrogens (tertiary/aromatic N) is 4. The summed E-state index contributed by atoms with van der Waals surface area (Å²) in [5.74, 6) is -0.359. The lowest BCUT2D eigenvalue weighted by Gasteiger charge is -2.24. The number of benzene rings is 1. The van der Waals surface area contributed by atoms with E-state index in [1.54, 1.807) is 31.0 Å². The number of carbonyl (C=O) groups is 2. The molecule has 0 saturated carbocycles. The number of halogens is 1. The Morgan fingerprint density at radius 1 is 1.18 bits per heavy atom. The van der Waals surface area contributed by atoms with E-state index in [1.807, 2.05) is 0 Å². The maximum absolute atomic E-state index is 13.1. The van der Waals surface area contributed by atoms with Gasteiger partial charge in [0.15, 0.2) is 5.82 Å². The number of amides is 2. The maximum Gasteiger partial charge on any atom is 0.255 e. The molecule has 1 aromatic carbocycles. The molecule has 3 aromatic rings. The molecular weight excluding hydrogens is 425 g/mol. The fourth-order valence-electron chi connectivity index (χ4n) is 3.91. The van der Waals surface area contributed by atoms with Crippen LogP contribution < -0.4 is 10.9 Å². The summed E-state index contributed by atoms with van der Waals surface area (Å²) >= 11 is 0. The van der Waals surface area contributed by atoms with Crippen molar-refractivity contribution in [3.63, 3.8) is 0 Å². The summed E-state index contributed by atoms with van der Waals surface area (Å²) in [5, 5.41) is 2.79. The predicted molar refractivity (Wildman–Crippen MR) is 119 cm³/mol. The number of hydrogen-bond donors (Lipinski definition) is 1. The van der Waals surface area contributed by atoms with Crippen molar-refractivity contribution in [1.82, 2.24) is 24.8 Å². The van der Waals surface area contributed by atoms with E-state index >= 15 is 0 Å². The van der Waals surface area contributed by atoms with Gasteiger partial charge in [-0.15, -0.1) is 0 Å². The summed E-state index contributed by atoms with van der Waals surface area (Å²) in [6, 6.07) is 8.50. The molecule has 170 valence electrons. The first kappa shape index (κ1) is 22.3. The number of hydrogen-bond acceptors (Lipinski definition) is 5. The highest BCUT2D eigenvalue weighted by molar-refractivity contribution is 5.95. The number of likely N-dealkylation sites (tertiary alicyclic amines) is 1. The van der Waals surface area contributed by atoms with Gasteiger partial charge in [-0.05, 0) is 43.5 Å². The van der Waals surface area contributed by atoms with Crippen LogP contribution in [0.15, 0.2) is 53.6 Å². The highest BCUT2D eigenvalue weighted by Crippen LogP contribution is 2.31. The van der Waals surface area contributed by atoms with Crippen molar-refractivity contribution in [2.24, 2.45) is 7.05 Å². The molecule has 2 aromatic heterocycles. The molecule has 0 spiro atoms. The summed E-state index contributed by atoms with van der Waals surface area (Å²) in [4.78, 5) is 47.9. The van der Waals surface area contributed by atoms with Gasteiger partial charge in [-0.1, -0.05) is 12.1 Å². The second kappa shape index (κ2) is 9.32. The Balaban J connectivity index is 1.48. The molecule has 2 amide bonds. The van der Waals surface area contributed by atoms with Crippen LogP contribution in [0, 0.1) is 12.7 Å². The Bertz CT molecular complexity index is 1260. The van der Waals surface area contributed by atoms with Crippen molar-refractivity contribution in [2.45, 2.75) is 32.4 Å². The SMILES string of the molecule is Cc1nc([C@H]2CCCN2C(=O)c2ccc(=O)n(C)c2)ncc1C(=O)NCc1ccc(F)cc1. The lowest BCUT2D eigenvalue weighted by molar-refractivity contribution is 0.0728. The Labute approximate surface area is 190 Å². The van der Waals surface area contributed by atoms with Gasteiger partial charge in [0.1, 0.15) is 5.82 Å². The van der Waals surface area contributed by atoms with Crippen LogP contribution in [0.4, 0.5) is 4.39 Å². The van der Waals surface area contributed by atoms with Gasteiger partial charge < -0.3 is 14.8 Å².